The molecule has 3 aromatic carbocycles. The number of benzene rings is 3. The van der Waals surface area contributed by atoms with E-state index in [9.17, 15) is 5.11 Å². The predicted molar refractivity (Wildman–Crippen MR) is 108 cm³/mol. The van der Waals surface area contributed by atoms with Crippen LogP contribution in [0.25, 0.3) is 0 Å². The van der Waals surface area contributed by atoms with Crippen molar-refractivity contribution in [3.63, 3.8) is 0 Å². The van der Waals surface area contributed by atoms with Gasteiger partial charge in [-0.1, -0.05) is 54.6 Å². The maximum atomic E-state index is 12.2. The first-order valence-corrected chi connectivity index (χ1v) is 8.96. The second-order valence-corrected chi connectivity index (χ2v) is 7.20. The van der Waals surface area contributed by atoms with Gasteiger partial charge < -0.3 is 5.11 Å². The van der Waals surface area contributed by atoms with Crippen molar-refractivity contribution in [2.45, 2.75) is 38.2 Å². The minimum atomic E-state index is -1.25. The Bertz CT molecular complexity index is 876. The summed E-state index contributed by atoms with van der Waals surface area (Å²) in [4.78, 5) is 0.784. The van der Waals surface area contributed by atoms with Crippen molar-refractivity contribution in [2.75, 3.05) is 0 Å². The van der Waals surface area contributed by atoms with E-state index in [1.807, 2.05) is 48.5 Å². The summed E-state index contributed by atoms with van der Waals surface area (Å²) in [5.74, 6) is 0. The Morgan fingerprint density at radius 1 is 0.640 bits per heavy atom. The molecule has 2 heteroatoms. The minimum absolute atomic E-state index is 0.784. The molecule has 0 bridgehead atoms. The first kappa shape index (κ1) is 17.8. The highest BCUT2D eigenvalue weighted by Gasteiger charge is 2.38. The van der Waals surface area contributed by atoms with Crippen LogP contribution in [0.4, 0.5) is 0 Å². The monoisotopic (exact) mass is 348 g/mol. The van der Waals surface area contributed by atoms with Crippen LogP contribution in [0.1, 0.15) is 38.9 Å². The average Bonchev–Trinajstić information content (AvgIpc) is 2.59. The van der Waals surface area contributed by atoms with E-state index in [0.29, 0.717) is 0 Å². The van der Waals surface area contributed by atoms with Crippen LogP contribution >= 0.6 is 12.6 Å². The second-order valence-electron chi connectivity index (χ2n) is 6.72. The first-order chi connectivity index (χ1) is 11.9. The van der Waals surface area contributed by atoms with E-state index in [1.165, 1.54) is 0 Å². The number of aliphatic hydroxyl groups is 1. The van der Waals surface area contributed by atoms with Gasteiger partial charge in [-0.05, 0) is 67.1 Å². The summed E-state index contributed by atoms with van der Waals surface area (Å²) in [5, 5.41) is 12.2. The van der Waals surface area contributed by atoms with Crippen LogP contribution in [0.5, 0.6) is 0 Å². The third-order valence-corrected chi connectivity index (χ3v) is 5.67. The van der Waals surface area contributed by atoms with Gasteiger partial charge >= 0.3 is 0 Å². The Hall–Kier alpha value is -2.03. The summed E-state index contributed by atoms with van der Waals surface area (Å²) in [6, 6.07) is 20.0. The van der Waals surface area contributed by atoms with E-state index >= 15 is 0 Å². The van der Waals surface area contributed by atoms with Gasteiger partial charge in [0.25, 0.3) is 0 Å². The standard InChI is InChI=1S/C23H24OS/c1-15-9-7-12-19(17(15)3)23(24,21-11-5-6-14-22(21)25)20-13-8-10-16(2)18(20)4/h5-14,24-25H,1-4H3. The zero-order chi connectivity index (χ0) is 18.2. The second kappa shape index (κ2) is 6.70. The molecule has 1 nitrogen and oxygen atoms in total. The van der Waals surface area contributed by atoms with Gasteiger partial charge in [-0.3, -0.25) is 0 Å². The summed E-state index contributed by atoms with van der Waals surface area (Å²) in [6.45, 7) is 8.30. The van der Waals surface area contributed by atoms with E-state index in [4.69, 9.17) is 0 Å². The quantitative estimate of drug-likeness (QED) is 0.473. The van der Waals surface area contributed by atoms with Gasteiger partial charge in [-0.15, -0.1) is 12.6 Å². The fraction of sp³-hybridized carbons (Fsp3) is 0.217. The van der Waals surface area contributed by atoms with Crippen molar-refractivity contribution in [2.24, 2.45) is 0 Å². The molecule has 3 rings (SSSR count). The first-order valence-electron chi connectivity index (χ1n) is 8.51. The Morgan fingerprint density at radius 2 is 1.08 bits per heavy atom. The molecule has 0 aromatic heterocycles. The molecule has 0 aliphatic heterocycles. The van der Waals surface area contributed by atoms with Gasteiger partial charge in [-0.2, -0.15) is 0 Å². The molecule has 0 aliphatic rings. The van der Waals surface area contributed by atoms with Crippen molar-refractivity contribution in [3.05, 3.63) is 99.6 Å². The van der Waals surface area contributed by atoms with Crippen LogP contribution in [0.2, 0.25) is 0 Å². The fourth-order valence-electron chi connectivity index (χ4n) is 3.50. The number of aryl methyl sites for hydroxylation is 2. The Balaban J connectivity index is 2.43. The summed E-state index contributed by atoms with van der Waals surface area (Å²) in [5.41, 5.74) is 5.90. The SMILES string of the molecule is Cc1cccc(C(O)(c2ccccc2S)c2cccc(C)c2C)c1C. The lowest BCUT2D eigenvalue weighted by Gasteiger charge is -2.34. The van der Waals surface area contributed by atoms with Crippen molar-refractivity contribution in [3.8, 4) is 0 Å². The molecule has 0 amide bonds. The molecule has 128 valence electrons. The van der Waals surface area contributed by atoms with Crippen LogP contribution < -0.4 is 0 Å². The van der Waals surface area contributed by atoms with E-state index in [-0.39, 0.29) is 0 Å². The molecule has 3 aromatic rings. The molecule has 0 saturated carbocycles. The van der Waals surface area contributed by atoms with Crippen molar-refractivity contribution in [1.29, 1.82) is 0 Å². The van der Waals surface area contributed by atoms with Crippen LogP contribution in [0.3, 0.4) is 0 Å². The molecule has 0 atom stereocenters. The van der Waals surface area contributed by atoms with Crippen LogP contribution in [0.15, 0.2) is 65.6 Å². The largest absolute Gasteiger partial charge is 0.376 e. The van der Waals surface area contributed by atoms with Crippen LogP contribution in [0, 0.1) is 27.7 Å². The Morgan fingerprint density at radius 3 is 1.56 bits per heavy atom. The van der Waals surface area contributed by atoms with Gasteiger partial charge in [0.15, 0.2) is 0 Å². The maximum absolute atomic E-state index is 12.2. The van der Waals surface area contributed by atoms with Crippen molar-refractivity contribution in [1.82, 2.24) is 0 Å². The molecule has 0 saturated heterocycles. The molecular formula is C23H24OS. The highest BCUT2D eigenvalue weighted by atomic mass is 32.1. The molecule has 1 N–H and O–H groups in total. The van der Waals surface area contributed by atoms with Gasteiger partial charge in [0.05, 0.1) is 0 Å². The summed E-state index contributed by atoms with van der Waals surface area (Å²) < 4.78 is 0. The lowest BCUT2D eigenvalue weighted by molar-refractivity contribution is 0.121. The molecule has 0 fully saturated rings. The van der Waals surface area contributed by atoms with Gasteiger partial charge in [0.2, 0.25) is 0 Å². The zero-order valence-corrected chi connectivity index (χ0v) is 16.1. The van der Waals surface area contributed by atoms with E-state index in [1.54, 1.807) is 0 Å². The van der Waals surface area contributed by atoms with E-state index in [0.717, 1.165) is 43.8 Å². The van der Waals surface area contributed by atoms with Crippen LogP contribution in [-0.2, 0) is 5.60 Å². The minimum Gasteiger partial charge on any atom is -0.376 e. The van der Waals surface area contributed by atoms with Crippen LogP contribution in [-0.4, -0.2) is 5.11 Å². The van der Waals surface area contributed by atoms with Gasteiger partial charge in [0.1, 0.15) is 5.60 Å². The highest BCUT2D eigenvalue weighted by Crippen LogP contribution is 2.42. The normalized spacial score (nSPS) is 11.6. The van der Waals surface area contributed by atoms with E-state index in [2.05, 4.69) is 52.5 Å². The number of hydrogen-bond donors (Lipinski definition) is 2. The summed E-state index contributed by atoms with van der Waals surface area (Å²) >= 11 is 4.65. The smallest absolute Gasteiger partial charge is 0.142 e. The topological polar surface area (TPSA) is 20.2 Å². The average molecular weight is 349 g/mol. The third-order valence-electron chi connectivity index (χ3n) is 5.28. The highest BCUT2D eigenvalue weighted by molar-refractivity contribution is 7.80. The molecule has 0 unspecified atom stereocenters. The Labute approximate surface area is 155 Å². The van der Waals surface area contributed by atoms with Crippen molar-refractivity contribution >= 4 is 12.6 Å². The zero-order valence-electron chi connectivity index (χ0n) is 15.2. The lowest BCUT2D eigenvalue weighted by atomic mass is 9.75. The summed E-state index contributed by atoms with van der Waals surface area (Å²) in [6.07, 6.45) is 0. The maximum Gasteiger partial charge on any atom is 0.142 e. The Kier molecular flexibility index (Phi) is 4.77. The van der Waals surface area contributed by atoms with Crippen molar-refractivity contribution < 1.29 is 5.11 Å². The summed E-state index contributed by atoms with van der Waals surface area (Å²) in [7, 11) is 0. The third kappa shape index (κ3) is 2.90. The van der Waals surface area contributed by atoms with Gasteiger partial charge in [-0.25, -0.2) is 0 Å². The molecule has 0 heterocycles. The molecule has 0 radical (unpaired) electrons. The number of hydrogen-bond acceptors (Lipinski definition) is 2. The number of thiol groups is 1. The molecule has 0 spiro atoms. The van der Waals surface area contributed by atoms with E-state index < -0.39 is 5.60 Å². The molecule has 25 heavy (non-hydrogen) atoms. The predicted octanol–water partition coefficient (Wildman–Crippen LogP) is 5.49. The molecule has 0 aliphatic carbocycles. The lowest BCUT2D eigenvalue weighted by Crippen LogP contribution is -2.31. The number of rotatable bonds is 3. The molecular weight excluding hydrogens is 324 g/mol. The fourth-order valence-corrected chi connectivity index (χ4v) is 3.82. The van der Waals surface area contributed by atoms with Gasteiger partial charge in [0, 0.05) is 10.5 Å².